The minimum absolute atomic E-state index is 0.0261. The summed E-state index contributed by atoms with van der Waals surface area (Å²) in [6.07, 6.45) is 5.14. The minimum Gasteiger partial charge on any atom is -0.440 e. The first-order valence-electron chi connectivity index (χ1n) is 9.53. The number of benzene rings is 2. The number of amides is 1. The predicted molar refractivity (Wildman–Crippen MR) is 105 cm³/mol. The maximum absolute atomic E-state index is 12.9. The van der Waals surface area contributed by atoms with Crippen molar-refractivity contribution in [3.63, 3.8) is 0 Å². The van der Waals surface area contributed by atoms with E-state index in [1.807, 2.05) is 59.5 Å². The van der Waals surface area contributed by atoms with Crippen LogP contribution >= 0.6 is 0 Å². The zero-order valence-electron chi connectivity index (χ0n) is 15.4. The lowest BCUT2D eigenvalue weighted by Crippen LogP contribution is -2.37. The number of carbonyl (C=O) groups excluding carboxylic acids is 1. The van der Waals surface area contributed by atoms with Crippen LogP contribution in [0.1, 0.15) is 35.0 Å². The van der Waals surface area contributed by atoms with Crippen molar-refractivity contribution in [2.24, 2.45) is 0 Å². The van der Waals surface area contributed by atoms with Crippen LogP contribution in [0.25, 0.3) is 16.8 Å². The maximum atomic E-state index is 12.9. The average molecular weight is 372 g/mol. The maximum Gasteiger partial charge on any atom is 0.257 e. The highest BCUT2D eigenvalue weighted by atomic mass is 16.3. The molecule has 0 bridgehead atoms. The molecule has 0 atom stereocenters. The van der Waals surface area contributed by atoms with Gasteiger partial charge in [-0.3, -0.25) is 4.79 Å². The molecule has 1 amide bonds. The molecule has 1 saturated heterocycles. The van der Waals surface area contributed by atoms with E-state index in [1.54, 1.807) is 17.1 Å². The van der Waals surface area contributed by atoms with Gasteiger partial charge in [0, 0.05) is 25.2 Å². The predicted octanol–water partition coefficient (Wildman–Crippen LogP) is 4.03. The third-order valence-electron chi connectivity index (χ3n) is 5.29. The van der Waals surface area contributed by atoms with Crippen molar-refractivity contribution in [3.8, 4) is 5.69 Å². The molecule has 2 aromatic carbocycles. The lowest BCUT2D eigenvalue weighted by Gasteiger charge is -2.30. The molecular formula is C22H20N4O2. The topological polar surface area (TPSA) is 64.2 Å². The van der Waals surface area contributed by atoms with Crippen molar-refractivity contribution < 1.29 is 9.21 Å². The van der Waals surface area contributed by atoms with Gasteiger partial charge in [0.25, 0.3) is 5.91 Å². The summed E-state index contributed by atoms with van der Waals surface area (Å²) >= 11 is 0. The standard InChI is InChI=1S/C22H20N4O2/c27-22(17-14-23-26(15-17)18-6-2-1-3-7-18)25-12-10-16(11-13-25)21-24-19-8-4-5-9-20(19)28-21/h1-9,14-16H,10-13H2. The second kappa shape index (κ2) is 6.96. The fraction of sp³-hybridized carbons (Fsp3) is 0.227. The van der Waals surface area contributed by atoms with Crippen molar-refractivity contribution in [2.45, 2.75) is 18.8 Å². The van der Waals surface area contributed by atoms with Crippen molar-refractivity contribution in [1.29, 1.82) is 0 Å². The average Bonchev–Trinajstić information content (AvgIpc) is 3.41. The van der Waals surface area contributed by atoms with Crippen LogP contribution in [0.2, 0.25) is 0 Å². The van der Waals surface area contributed by atoms with Crippen LogP contribution in [0.5, 0.6) is 0 Å². The largest absolute Gasteiger partial charge is 0.440 e. The van der Waals surface area contributed by atoms with Crippen LogP contribution in [-0.4, -0.2) is 38.7 Å². The highest BCUT2D eigenvalue weighted by molar-refractivity contribution is 5.93. The van der Waals surface area contributed by atoms with Gasteiger partial charge in [-0.05, 0) is 37.1 Å². The van der Waals surface area contributed by atoms with Crippen molar-refractivity contribution in [3.05, 3.63) is 78.4 Å². The van der Waals surface area contributed by atoms with Gasteiger partial charge in [0.15, 0.2) is 11.5 Å². The fourth-order valence-corrected chi connectivity index (χ4v) is 3.73. The molecule has 0 spiro atoms. The highest BCUT2D eigenvalue weighted by Gasteiger charge is 2.28. The molecular weight excluding hydrogens is 352 g/mol. The van der Waals surface area contributed by atoms with Crippen molar-refractivity contribution in [1.82, 2.24) is 19.7 Å². The molecule has 0 N–H and O–H groups in total. The van der Waals surface area contributed by atoms with E-state index in [-0.39, 0.29) is 11.8 Å². The molecule has 4 aromatic rings. The van der Waals surface area contributed by atoms with E-state index < -0.39 is 0 Å². The number of fused-ring (bicyclic) bond motifs is 1. The summed E-state index contributed by atoms with van der Waals surface area (Å²) in [6, 6.07) is 17.6. The Morgan fingerprint density at radius 2 is 1.75 bits per heavy atom. The summed E-state index contributed by atoms with van der Waals surface area (Å²) in [5.74, 6) is 1.06. The Balaban J connectivity index is 1.26. The Bertz CT molecular complexity index is 1070. The number of hydrogen-bond donors (Lipinski definition) is 0. The number of hydrogen-bond acceptors (Lipinski definition) is 4. The molecule has 1 aliphatic heterocycles. The zero-order valence-corrected chi connectivity index (χ0v) is 15.4. The first kappa shape index (κ1) is 16.7. The van der Waals surface area contributed by atoms with Crippen LogP contribution in [0, 0.1) is 0 Å². The number of oxazole rings is 1. The molecule has 2 aromatic heterocycles. The van der Waals surface area contributed by atoms with Crippen LogP contribution in [0.15, 0.2) is 71.4 Å². The van der Waals surface area contributed by atoms with E-state index in [0.29, 0.717) is 18.7 Å². The van der Waals surface area contributed by atoms with Crippen LogP contribution in [0.4, 0.5) is 0 Å². The number of likely N-dealkylation sites (tertiary alicyclic amines) is 1. The number of aromatic nitrogens is 3. The number of rotatable bonds is 3. The molecule has 3 heterocycles. The molecule has 1 fully saturated rings. The van der Waals surface area contributed by atoms with Crippen LogP contribution in [-0.2, 0) is 0 Å². The Hall–Kier alpha value is -3.41. The molecule has 6 heteroatoms. The van der Waals surface area contributed by atoms with E-state index in [4.69, 9.17) is 4.42 Å². The van der Waals surface area contributed by atoms with Crippen LogP contribution in [0.3, 0.4) is 0 Å². The van der Waals surface area contributed by atoms with E-state index >= 15 is 0 Å². The molecule has 6 nitrogen and oxygen atoms in total. The summed E-state index contributed by atoms with van der Waals surface area (Å²) in [7, 11) is 0. The Morgan fingerprint density at radius 1 is 1.00 bits per heavy atom. The Kier molecular flexibility index (Phi) is 4.16. The third kappa shape index (κ3) is 3.07. The normalized spacial score (nSPS) is 15.2. The molecule has 0 aliphatic carbocycles. The zero-order chi connectivity index (χ0) is 18.9. The van der Waals surface area contributed by atoms with Crippen molar-refractivity contribution >= 4 is 17.0 Å². The lowest BCUT2D eigenvalue weighted by molar-refractivity contribution is 0.0706. The van der Waals surface area contributed by atoms with E-state index in [0.717, 1.165) is 35.5 Å². The monoisotopic (exact) mass is 372 g/mol. The number of carbonyl (C=O) groups is 1. The number of para-hydroxylation sites is 3. The molecule has 0 unspecified atom stereocenters. The summed E-state index contributed by atoms with van der Waals surface area (Å²) < 4.78 is 7.65. The SMILES string of the molecule is O=C(c1cnn(-c2ccccc2)c1)N1CCC(c2nc3ccccc3o2)CC1. The highest BCUT2D eigenvalue weighted by Crippen LogP contribution is 2.30. The van der Waals surface area contributed by atoms with Crippen molar-refractivity contribution in [2.75, 3.05) is 13.1 Å². The Labute approximate surface area is 162 Å². The Morgan fingerprint density at radius 3 is 2.54 bits per heavy atom. The van der Waals surface area contributed by atoms with Gasteiger partial charge in [0.1, 0.15) is 5.52 Å². The van der Waals surface area contributed by atoms with Crippen LogP contribution < -0.4 is 0 Å². The first-order chi connectivity index (χ1) is 13.8. The van der Waals surface area contributed by atoms with E-state index in [1.165, 1.54) is 0 Å². The number of nitrogens with zero attached hydrogens (tertiary/aromatic N) is 4. The van der Waals surface area contributed by atoms with Gasteiger partial charge in [-0.2, -0.15) is 5.10 Å². The van der Waals surface area contributed by atoms with E-state index in [2.05, 4.69) is 10.1 Å². The smallest absolute Gasteiger partial charge is 0.257 e. The third-order valence-corrected chi connectivity index (χ3v) is 5.29. The van der Waals surface area contributed by atoms with Gasteiger partial charge >= 0.3 is 0 Å². The second-order valence-electron chi connectivity index (χ2n) is 7.10. The van der Waals surface area contributed by atoms with Gasteiger partial charge in [-0.25, -0.2) is 9.67 Å². The number of piperidine rings is 1. The molecule has 140 valence electrons. The summed E-state index contributed by atoms with van der Waals surface area (Å²) in [5.41, 5.74) is 3.27. The minimum atomic E-state index is 0.0261. The van der Waals surface area contributed by atoms with Gasteiger partial charge in [-0.1, -0.05) is 30.3 Å². The molecule has 0 saturated carbocycles. The second-order valence-corrected chi connectivity index (χ2v) is 7.10. The summed E-state index contributed by atoms with van der Waals surface area (Å²) in [5, 5.41) is 4.33. The molecule has 28 heavy (non-hydrogen) atoms. The fourth-order valence-electron chi connectivity index (χ4n) is 3.73. The van der Waals surface area contributed by atoms with Gasteiger partial charge in [0.2, 0.25) is 0 Å². The van der Waals surface area contributed by atoms with Gasteiger partial charge < -0.3 is 9.32 Å². The quantitative estimate of drug-likeness (QED) is 0.545. The van der Waals surface area contributed by atoms with Gasteiger partial charge in [-0.15, -0.1) is 0 Å². The first-order valence-corrected chi connectivity index (χ1v) is 9.53. The molecule has 5 rings (SSSR count). The van der Waals surface area contributed by atoms with Gasteiger partial charge in [0.05, 0.1) is 17.4 Å². The van der Waals surface area contributed by atoms with E-state index in [9.17, 15) is 4.79 Å². The molecule has 0 radical (unpaired) electrons. The summed E-state index contributed by atoms with van der Waals surface area (Å²) in [4.78, 5) is 19.4. The molecule has 1 aliphatic rings. The summed E-state index contributed by atoms with van der Waals surface area (Å²) in [6.45, 7) is 1.39. The lowest BCUT2D eigenvalue weighted by atomic mass is 9.96.